The highest BCUT2D eigenvalue weighted by molar-refractivity contribution is 7.11. The molecule has 9 heteroatoms. The number of rotatable bonds is 5. The van der Waals surface area contributed by atoms with Gasteiger partial charge in [-0.1, -0.05) is 12.1 Å². The highest BCUT2D eigenvalue weighted by Gasteiger charge is 2.40. The van der Waals surface area contributed by atoms with Crippen molar-refractivity contribution in [3.05, 3.63) is 82.1 Å². The molecule has 1 aliphatic rings. The zero-order valence-electron chi connectivity index (χ0n) is 14.7. The number of benzene rings is 1. The normalized spacial score (nSPS) is 14.8. The smallest absolute Gasteiger partial charge is 0.416 e. The third-order valence-electron chi connectivity index (χ3n) is 4.29. The molecular weight excluding hydrogens is 405 g/mol. The maximum atomic E-state index is 13.0. The minimum Gasteiger partial charge on any atom is -0.467 e. The van der Waals surface area contributed by atoms with Gasteiger partial charge in [0.15, 0.2) is 0 Å². The predicted octanol–water partition coefficient (Wildman–Crippen LogP) is 4.75. The molecule has 3 aromatic rings. The molecule has 0 spiro atoms. The van der Waals surface area contributed by atoms with E-state index in [0.717, 1.165) is 17.0 Å². The van der Waals surface area contributed by atoms with E-state index in [1.807, 2.05) is 0 Å². The van der Waals surface area contributed by atoms with Crippen LogP contribution in [0, 0.1) is 0 Å². The number of nitrogens with one attached hydrogen (secondary N) is 1. The third-order valence-corrected chi connectivity index (χ3v) is 5.18. The summed E-state index contributed by atoms with van der Waals surface area (Å²) in [5.41, 5.74) is -0.743. The second-order valence-electron chi connectivity index (χ2n) is 6.21. The number of amides is 2. The molecule has 0 saturated carbocycles. The Hall–Kier alpha value is -3.33. The summed E-state index contributed by atoms with van der Waals surface area (Å²) in [6.07, 6.45) is -3.10. The fraction of sp³-hybridized carbons (Fsp3) is 0.100. The van der Waals surface area contributed by atoms with Gasteiger partial charge in [0.05, 0.1) is 23.9 Å². The van der Waals surface area contributed by atoms with Crippen LogP contribution in [0.4, 0.5) is 18.9 Å². The van der Waals surface area contributed by atoms with Crippen molar-refractivity contribution < 1.29 is 27.2 Å². The van der Waals surface area contributed by atoms with Gasteiger partial charge in [-0.25, -0.2) is 0 Å². The maximum absolute atomic E-state index is 13.0. The molecule has 3 heterocycles. The molecular formula is C20H13F3N2O3S. The third kappa shape index (κ3) is 3.68. The van der Waals surface area contributed by atoms with Gasteiger partial charge in [0.25, 0.3) is 11.8 Å². The van der Waals surface area contributed by atoms with E-state index in [1.54, 1.807) is 29.6 Å². The van der Waals surface area contributed by atoms with E-state index < -0.39 is 23.6 Å². The first-order chi connectivity index (χ1) is 13.8. The molecule has 2 aromatic heterocycles. The lowest BCUT2D eigenvalue weighted by Gasteiger charge is -2.14. The van der Waals surface area contributed by atoms with Crippen molar-refractivity contribution in [2.45, 2.75) is 12.7 Å². The largest absolute Gasteiger partial charge is 0.467 e. The minimum atomic E-state index is -4.52. The topological polar surface area (TPSA) is 62.6 Å². The molecule has 29 heavy (non-hydrogen) atoms. The zero-order chi connectivity index (χ0) is 20.6. The number of nitrogens with zero attached hydrogens (tertiary/aromatic N) is 1. The van der Waals surface area contributed by atoms with E-state index in [4.69, 9.17) is 4.42 Å². The Balaban J connectivity index is 1.72. The number of hydrogen-bond donors (Lipinski definition) is 1. The standard InChI is InChI=1S/C20H13F3N2O3S/c21-20(22,23)12-4-1-5-13(10-12)24-17-16(15-7-3-9-29-15)18(26)25(19(17)27)11-14-6-2-8-28-14/h1-10,24H,11H2. The summed E-state index contributed by atoms with van der Waals surface area (Å²) >= 11 is 1.26. The fourth-order valence-electron chi connectivity index (χ4n) is 2.96. The molecule has 1 aromatic carbocycles. The van der Waals surface area contributed by atoms with Crippen LogP contribution < -0.4 is 5.32 Å². The van der Waals surface area contributed by atoms with Crippen molar-refractivity contribution in [1.29, 1.82) is 0 Å². The number of halogens is 3. The number of furan rings is 1. The van der Waals surface area contributed by atoms with Gasteiger partial charge in [-0.2, -0.15) is 13.2 Å². The van der Waals surface area contributed by atoms with Crippen molar-refractivity contribution in [3.8, 4) is 0 Å². The van der Waals surface area contributed by atoms with Gasteiger partial charge in [0.2, 0.25) is 0 Å². The molecule has 0 bridgehead atoms. The van der Waals surface area contributed by atoms with Gasteiger partial charge in [0.1, 0.15) is 11.5 Å². The van der Waals surface area contributed by atoms with Crippen LogP contribution in [0.15, 0.2) is 70.3 Å². The van der Waals surface area contributed by atoms with Crippen LogP contribution in [0.1, 0.15) is 16.2 Å². The van der Waals surface area contributed by atoms with Crippen LogP contribution in [-0.4, -0.2) is 16.7 Å². The molecule has 0 radical (unpaired) electrons. The van der Waals surface area contributed by atoms with Crippen LogP contribution in [0.2, 0.25) is 0 Å². The molecule has 1 N–H and O–H groups in total. The van der Waals surface area contributed by atoms with Crippen molar-refractivity contribution in [1.82, 2.24) is 4.90 Å². The summed E-state index contributed by atoms with van der Waals surface area (Å²) < 4.78 is 44.3. The Morgan fingerprint density at radius 3 is 2.52 bits per heavy atom. The lowest BCUT2D eigenvalue weighted by atomic mass is 10.1. The molecule has 1 aliphatic heterocycles. The van der Waals surface area contributed by atoms with E-state index in [1.165, 1.54) is 29.7 Å². The van der Waals surface area contributed by atoms with Gasteiger partial charge in [-0.05, 0) is 41.8 Å². The number of hydrogen-bond acceptors (Lipinski definition) is 5. The second kappa shape index (κ2) is 7.25. The number of carbonyl (C=O) groups excluding carboxylic acids is 2. The van der Waals surface area contributed by atoms with E-state index in [9.17, 15) is 22.8 Å². The van der Waals surface area contributed by atoms with Crippen LogP contribution >= 0.6 is 11.3 Å². The SMILES string of the molecule is O=C1C(Nc2cccc(C(F)(F)F)c2)=C(c2cccs2)C(=O)N1Cc1ccco1. The van der Waals surface area contributed by atoms with Crippen molar-refractivity contribution in [2.75, 3.05) is 5.32 Å². The molecule has 5 nitrogen and oxygen atoms in total. The molecule has 148 valence electrons. The Morgan fingerprint density at radius 2 is 1.86 bits per heavy atom. The van der Waals surface area contributed by atoms with Gasteiger partial charge in [-0.15, -0.1) is 11.3 Å². The van der Waals surface area contributed by atoms with Crippen molar-refractivity contribution >= 4 is 34.4 Å². The summed E-state index contributed by atoms with van der Waals surface area (Å²) in [4.78, 5) is 27.5. The van der Waals surface area contributed by atoms with Gasteiger partial charge >= 0.3 is 6.18 Å². The average Bonchev–Trinajstić information content (AvgIpc) is 3.41. The van der Waals surface area contributed by atoms with Crippen molar-refractivity contribution in [3.63, 3.8) is 0 Å². The Morgan fingerprint density at radius 1 is 1.03 bits per heavy atom. The summed E-state index contributed by atoms with van der Waals surface area (Å²) in [7, 11) is 0. The molecule has 0 aliphatic carbocycles. The van der Waals surface area contributed by atoms with Gasteiger partial charge < -0.3 is 9.73 Å². The first kappa shape index (κ1) is 19.0. The number of carbonyl (C=O) groups is 2. The minimum absolute atomic E-state index is 0.0601. The lowest BCUT2D eigenvalue weighted by Crippen LogP contribution is -2.31. The summed E-state index contributed by atoms with van der Waals surface area (Å²) in [6, 6.07) is 11.1. The van der Waals surface area contributed by atoms with Gasteiger partial charge in [-0.3, -0.25) is 14.5 Å². The summed E-state index contributed by atoms with van der Waals surface area (Å²) in [6.45, 7) is -0.0761. The van der Waals surface area contributed by atoms with E-state index in [2.05, 4.69) is 5.32 Å². The van der Waals surface area contributed by atoms with Gasteiger partial charge in [0, 0.05) is 10.6 Å². The lowest BCUT2D eigenvalue weighted by molar-refractivity contribution is -0.138. The number of thiophene rings is 1. The van der Waals surface area contributed by atoms with Crippen LogP contribution in [0.5, 0.6) is 0 Å². The zero-order valence-corrected chi connectivity index (χ0v) is 15.5. The quantitative estimate of drug-likeness (QED) is 0.608. The number of imide groups is 1. The molecule has 0 unspecified atom stereocenters. The van der Waals surface area contributed by atoms with E-state index >= 15 is 0 Å². The first-order valence-electron chi connectivity index (χ1n) is 8.45. The van der Waals surface area contributed by atoms with Crippen LogP contribution in [0.25, 0.3) is 5.57 Å². The Labute approximate surface area is 167 Å². The highest BCUT2D eigenvalue weighted by atomic mass is 32.1. The molecule has 0 saturated heterocycles. The van der Waals surface area contributed by atoms with Crippen molar-refractivity contribution in [2.24, 2.45) is 0 Å². The Bertz CT molecular complexity index is 1090. The Kier molecular flexibility index (Phi) is 4.75. The first-order valence-corrected chi connectivity index (χ1v) is 9.33. The van der Waals surface area contributed by atoms with E-state index in [-0.39, 0.29) is 23.5 Å². The monoisotopic (exact) mass is 418 g/mol. The maximum Gasteiger partial charge on any atom is 0.416 e. The number of alkyl halides is 3. The van der Waals surface area contributed by atoms with Crippen LogP contribution in [0.3, 0.4) is 0 Å². The summed E-state index contributed by atoms with van der Waals surface area (Å²) in [5, 5.41) is 4.47. The van der Waals surface area contributed by atoms with Crippen LogP contribution in [-0.2, 0) is 22.3 Å². The molecule has 0 atom stereocenters. The molecule has 2 amide bonds. The average molecular weight is 418 g/mol. The summed E-state index contributed by atoms with van der Waals surface area (Å²) in [5.74, 6) is -0.756. The predicted molar refractivity (Wildman–Crippen MR) is 101 cm³/mol. The molecule has 4 rings (SSSR count). The number of anilines is 1. The molecule has 0 fully saturated rings. The highest BCUT2D eigenvalue weighted by Crippen LogP contribution is 2.35. The second-order valence-corrected chi connectivity index (χ2v) is 7.15. The fourth-order valence-corrected chi connectivity index (χ4v) is 3.73. The van der Waals surface area contributed by atoms with E-state index in [0.29, 0.717) is 10.6 Å².